The molecule has 0 spiro atoms. The maximum absolute atomic E-state index is 12.5. The fourth-order valence-electron chi connectivity index (χ4n) is 3.74. The van der Waals surface area contributed by atoms with Crippen molar-refractivity contribution < 1.29 is 24.1 Å². The van der Waals surface area contributed by atoms with E-state index in [2.05, 4.69) is 0 Å². The van der Waals surface area contributed by atoms with Gasteiger partial charge in [0.1, 0.15) is 5.75 Å². The van der Waals surface area contributed by atoms with Gasteiger partial charge in [0.2, 0.25) is 0 Å². The molecule has 4 atom stereocenters. The highest BCUT2D eigenvalue weighted by atomic mass is 32.2. The maximum atomic E-state index is 12.5. The number of nitrogens with zero attached hydrogens (tertiary/aromatic N) is 1. The van der Waals surface area contributed by atoms with E-state index in [-0.39, 0.29) is 17.4 Å². The van der Waals surface area contributed by atoms with Gasteiger partial charge in [-0.25, -0.2) is 0 Å². The molecular weight excluding hydrogens is 354 g/mol. The quantitative estimate of drug-likeness (QED) is 0.817. The fraction of sp³-hybridized carbons (Fsp3) is 0.632. The third kappa shape index (κ3) is 3.86. The number of hydrogen-bond acceptors (Lipinski definition) is 6. The van der Waals surface area contributed by atoms with Crippen molar-refractivity contribution in [2.75, 3.05) is 20.0 Å². The molecule has 2 aliphatic heterocycles. The van der Waals surface area contributed by atoms with E-state index in [0.717, 1.165) is 17.7 Å². The van der Waals surface area contributed by atoms with Gasteiger partial charge in [0, 0.05) is 25.8 Å². The van der Waals surface area contributed by atoms with Crippen LogP contribution in [0.3, 0.4) is 0 Å². The number of thioether (sulfide) groups is 1. The van der Waals surface area contributed by atoms with Crippen LogP contribution in [0.4, 0.5) is 4.79 Å². The predicted octanol–water partition coefficient (Wildman–Crippen LogP) is 3.03. The molecule has 1 aromatic carbocycles. The number of benzene rings is 1. The highest BCUT2D eigenvalue weighted by Gasteiger charge is 2.53. The third-order valence-corrected chi connectivity index (χ3v) is 6.18. The molecule has 26 heavy (non-hydrogen) atoms. The molecule has 7 heteroatoms. The Hall–Kier alpha value is -1.28. The summed E-state index contributed by atoms with van der Waals surface area (Å²) < 4.78 is 17.3. The number of carbonyl (C=O) groups is 1. The van der Waals surface area contributed by atoms with E-state index >= 15 is 0 Å². The normalized spacial score (nSPS) is 32.1. The smallest absolute Gasteiger partial charge is 0.282 e. The second-order valence-electron chi connectivity index (χ2n) is 6.83. The molecule has 1 amide bonds. The van der Waals surface area contributed by atoms with E-state index < -0.39 is 11.9 Å². The standard InChI is InChI=1S/C19H27NO5S/c1-4-15-9-14(21)10-19(24-3,25-15)17-12-26-18(22)20(17)11-13-5-7-16(23-2)8-6-13/h5-8,14-15,17,21H,4,9-12H2,1-3H3/t14-,15-,17?,19-/m1/s1. The molecule has 0 aromatic heterocycles. The molecule has 0 bridgehead atoms. The van der Waals surface area contributed by atoms with Crippen LogP contribution < -0.4 is 4.74 Å². The summed E-state index contributed by atoms with van der Waals surface area (Å²) in [6.07, 6.45) is 1.22. The number of methoxy groups -OCH3 is 2. The second-order valence-corrected chi connectivity index (χ2v) is 7.80. The first kappa shape index (κ1) is 19.5. The third-order valence-electron chi connectivity index (χ3n) is 5.22. The van der Waals surface area contributed by atoms with E-state index in [9.17, 15) is 9.90 Å². The summed E-state index contributed by atoms with van der Waals surface area (Å²) >= 11 is 1.28. The lowest BCUT2D eigenvalue weighted by atomic mass is 9.91. The summed E-state index contributed by atoms with van der Waals surface area (Å²) in [6, 6.07) is 7.45. The van der Waals surface area contributed by atoms with Gasteiger partial charge >= 0.3 is 0 Å². The molecule has 1 unspecified atom stereocenters. The van der Waals surface area contributed by atoms with E-state index in [4.69, 9.17) is 14.2 Å². The first-order valence-corrected chi connectivity index (χ1v) is 9.97. The van der Waals surface area contributed by atoms with Crippen LogP contribution in [0.5, 0.6) is 5.75 Å². The molecule has 2 aliphatic rings. The van der Waals surface area contributed by atoms with Gasteiger partial charge in [-0.1, -0.05) is 30.8 Å². The van der Waals surface area contributed by atoms with Crippen LogP contribution in [-0.4, -0.2) is 59.3 Å². The number of amides is 1. The minimum Gasteiger partial charge on any atom is -0.497 e. The number of rotatable bonds is 6. The largest absolute Gasteiger partial charge is 0.497 e. The van der Waals surface area contributed by atoms with E-state index in [1.54, 1.807) is 19.1 Å². The highest BCUT2D eigenvalue weighted by molar-refractivity contribution is 8.13. The first-order chi connectivity index (χ1) is 12.5. The molecule has 1 aromatic rings. The topological polar surface area (TPSA) is 68.2 Å². The summed E-state index contributed by atoms with van der Waals surface area (Å²) in [4.78, 5) is 14.3. The molecular formula is C19H27NO5S. The van der Waals surface area contributed by atoms with Gasteiger partial charge in [-0.15, -0.1) is 0 Å². The summed E-state index contributed by atoms with van der Waals surface area (Å²) in [7, 11) is 3.23. The molecule has 144 valence electrons. The van der Waals surface area contributed by atoms with E-state index in [1.165, 1.54) is 11.8 Å². The van der Waals surface area contributed by atoms with Crippen LogP contribution in [0.2, 0.25) is 0 Å². The lowest BCUT2D eigenvalue weighted by Gasteiger charge is -2.47. The van der Waals surface area contributed by atoms with Gasteiger partial charge in [0.05, 0.1) is 25.4 Å². The van der Waals surface area contributed by atoms with Gasteiger partial charge in [-0.3, -0.25) is 4.79 Å². The maximum Gasteiger partial charge on any atom is 0.282 e. The Morgan fingerprint density at radius 2 is 2.08 bits per heavy atom. The molecule has 0 aliphatic carbocycles. The predicted molar refractivity (Wildman–Crippen MR) is 100 cm³/mol. The van der Waals surface area contributed by atoms with Gasteiger partial charge < -0.3 is 24.2 Å². The van der Waals surface area contributed by atoms with Gasteiger partial charge in [-0.05, 0) is 30.5 Å². The zero-order chi connectivity index (χ0) is 18.7. The Morgan fingerprint density at radius 1 is 1.35 bits per heavy atom. The summed E-state index contributed by atoms with van der Waals surface area (Å²) in [5, 5.41) is 10.4. The SMILES string of the molecule is CC[C@@H]1C[C@@H](O)C[C@](OC)(C2CSC(=O)N2Cc2ccc(OC)cc2)O1. The zero-order valence-corrected chi connectivity index (χ0v) is 16.3. The Kier molecular flexibility index (Phi) is 6.12. The second kappa shape index (κ2) is 8.17. The molecule has 2 saturated heterocycles. The van der Waals surface area contributed by atoms with Crippen LogP contribution >= 0.6 is 11.8 Å². The summed E-state index contributed by atoms with van der Waals surface area (Å²) in [5.41, 5.74) is 1.02. The van der Waals surface area contributed by atoms with Crippen molar-refractivity contribution in [2.24, 2.45) is 0 Å². The Bertz CT molecular complexity index is 625. The van der Waals surface area contributed by atoms with Crippen molar-refractivity contribution in [3.05, 3.63) is 29.8 Å². The van der Waals surface area contributed by atoms with Crippen LogP contribution in [-0.2, 0) is 16.0 Å². The van der Waals surface area contributed by atoms with Gasteiger partial charge in [0.25, 0.3) is 5.24 Å². The van der Waals surface area contributed by atoms with Crippen molar-refractivity contribution in [3.8, 4) is 5.75 Å². The summed E-state index contributed by atoms with van der Waals surface area (Å²) in [5.74, 6) is 0.404. The molecule has 3 rings (SSSR count). The van der Waals surface area contributed by atoms with E-state index in [1.807, 2.05) is 31.2 Å². The summed E-state index contributed by atoms with van der Waals surface area (Å²) in [6.45, 7) is 2.51. The Balaban J connectivity index is 1.82. The van der Waals surface area contributed by atoms with Gasteiger partial charge in [-0.2, -0.15) is 0 Å². The number of carbonyl (C=O) groups excluding carboxylic acids is 1. The molecule has 0 radical (unpaired) electrons. The highest BCUT2D eigenvalue weighted by Crippen LogP contribution is 2.41. The monoisotopic (exact) mass is 381 g/mol. The minimum atomic E-state index is -0.968. The molecule has 0 saturated carbocycles. The average Bonchev–Trinajstić information content (AvgIpc) is 3.02. The molecule has 2 heterocycles. The Morgan fingerprint density at radius 3 is 2.69 bits per heavy atom. The average molecular weight is 381 g/mol. The molecule has 2 fully saturated rings. The van der Waals surface area contributed by atoms with Crippen molar-refractivity contribution in [1.82, 2.24) is 4.90 Å². The Labute approximate surface area is 158 Å². The van der Waals surface area contributed by atoms with Gasteiger partial charge in [0.15, 0.2) is 5.79 Å². The fourth-order valence-corrected chi connectivity index (χ4v) is 4.83. The molecule has 6 nitrogen and oxygen atoms in total. The van der Waals surface area contributed by atoms with Crippen LogP contribution in [0, 0.1) is 0 Å². The van der Waals surface area contributed by atoms with Crippen molar-refractivity contribution >= 4 is 17.0 Å². The lowest BCUT2D eigenvalue weighted by Crippen LogP contribution is -2.60. The number of aliphatic hydroxyl groups is 1. The van der Waals surface area contributed by atoms with Crippen molar-refractivity contribution in [3.63, 3.8) is 0 Å². The molecule has 1 N–H and O–H groups in total. The lowest BCUT2D eigenvalue weighted by molar-refractivity contribution is -0.304. The van der Waals surface area contributed by atoms with Crippen molar-refractivity contribution in [1.29, 1.82) is 0 Å². The first-order valence-electron chi connectivity index (χ1n) is 8.98. The zero-order valence-electron chi connectivity index (χ0n) is 15.5. The van der Waals surface area contributed by atoms with E-state index in [0.29, 0.717) is 25.1 Å². The van der Waals surface area contributed by atoms with Crippen LogP contribution in [0.15, 0.2) is 24.3 Å². The number of aliphatic hydroxyl groups excluding tert-OH is 1. The van der Waals surface area contributed by atoms with Crippen LogP contribution in [0.25, 0.3) is 0 Å². The number of ether oxygens (including phenoxy) is 3. The van der Waals surface area contributed by atoms with Crippen LogP contribution in [0.1, 0.15) is 31.7 Å². The number of hydrogen-bond donors (Lipinski definition) is 1. The van der Waals surface area contributed by atoms with Crippen molar-refractivity contribution in [2.45, 2.75) is 56.8 Å². The minimum absolute atomic E-state index is 0.0129.